The number of aromatic nitrogens is 4. The Hall–Kier alpha value is -2.74. The quantitative estimate of drug-likeness (QED) is 0.760. The van der Waals surface area contributed by atoms with Crippen molar-refractivity contribution >= 4 is 17.2 Å². The third-order valence-electron chi connectivity index (χ3n) is 3.26. The molecule has 0 bridgehead atoms. The van der Waals surface area contributed by atoms with Crippen LogP contribution in [0.3, 0.4) is 0 Å². The van der Waals surface area contributed by atoms with E-state index in [0.29, 0.717) is 11.5 Å². The van der Waals surface area contributed by atoms with Crippen LogP contribution in [0.4, 0.5) is 0 Å². The molecule has 0 aliphatic carbocycles. The predicted molar refractivity (Wildman–Crippen MR) is 86.5 cm³/mol. The molecular formula is C15H15N5O2S. The van der Waals surface area contributed by atoms with Gasteiger partial charge in [0.05, 0.1) is 0 Å². The number of aryl methyl sites for hydroxylation is 1. The maximum atomic E-state index is 12.1. The van der Waals surface area contributed by atoms with Gasteiger partial charge in [0, 0.05) is 6.54 Å². The van der Waals surface area contributed by atoms with Crippen molar-refractivity contribution in [1.29, 1.82) is 0 Å². The van der Waals surface area contributed by atoms with Crippen LogP contribution in [-0.4, -0.2) is 25.7 Å². The molecule has 0 fully saturated rings. The smallest absolute Gasteiger partial charge is 0.350 e. The van der Waals surface area contributed by atoms with Crippen molar-refractivity contribution in [2.75, 3.05) is 0 Å². The molecule has 23 heavy (non-hydrogen) atoms. The fourth-order valence-corrected chi connectivity index (χ4v) is 2.67. The molecule has 8 heteroatoms. The Kier molecular flexibility index (Phi) is 4.33. The highest BCUT2D eigenvalue weighted by atomic mass is 32.1. The highest BCUT2D eigenvalue weighted by molar-refractivity contribution is 7.12. The van der Waals surface area contributed by atoms with Crippen LogP contribution in [0.2, 0.25) is 0 Å². The van der Waals surface area contributed by atoms with Gasteiger partial charge in [-0.3, -0.25) is 4.79 Å². The van der Waals surface area contributed by atoms with Crippen LogP contribution >= 0.6 is 11.3 Å². The van der Waals surface area contributed by atoms with Gasteiger partial charge < -0.3 is 5.32 Å². The highest BCUT2D eigenvalue weighted by Crippen LogP contribution is 2.10. The normalized spacial score (nSPS) is 10.7. The van der Waals surface area contributed by atoms with Gasteiger partial charge in [-0.05, 0) is 40.4 Å². The van der Waals surface area contributed by atoms with Gasteiger partial charge in [0.15, 0.2) is 0 Å². The zero-order valence-corrected chi connectivity index (χ0v) is 13.3. The van der Waals surface area contributed by atoms with Gasteiger partial charge in [0.2, 0.25) is 5.91 Å². The molecule has 118 valence electrons. The lowest BCUT2D eigenvalue weighted by molar-refractivity contribution is -0.122. The number of rotatable bonds is 5. The molecule has 3 aromatic rings. The molecule has 1 amide bonds. The molecule has 0 saturated carbocycles. The number of amides is 1. The summed E-state index contributed by atoms with van der Waals surface area (Å²) in [6, 6.07) is 11.5. The summed E-state index contributed by atoms with van der Waals surface area (Å²) in [4.78, 5) is 24.1. The summed E-state index contributed by atoms with van der Waals surface area (Å²) in [5.74, 6) is -0.286. The zero-order valence-electron chi connectivity index (χ0n) is 12.5. The van der Waals surface area contributed by atoms with Crippen LogP contribution in [0, 0.1) is 6.92 Å². The van der Waals surface area contributed by atoms with E-state index < -0.39 is 5.69 Å². The molecular weight excluding hydrogens is 314 g/mol. The van der Waals surface area contributed by atoms with E-state index in [4.69, 9.17) is 0 Å². The number of tetrazole rings is 1. The first-order valence-electron chi connectivity index (χ1n) is 7.02. The lowest BCUT2D eigenvalue weighted by atomic mass is 10.1. The standard InChI is InChI=1S/C15H15N5O2S/c1-11-4-6-12(7-5-11)9-16-13(21)10-19-15(22)20(18-17-19)14-3-2-8-23-14/h2-8H,9-10H2,1H3,(H,16,21). The molecule has 0 unspecified atom stereocenters. The minimum absolute atomic E-state index is 0.157. The van der Waals surface area contributed by atoms with E-state index in [-0.39, 0.29) is 12.5 Å². The number of carbonyl (C=O) groups is 1. The Morgan fingerprint density at radius 2 is 2.00 bits per heavy atom. The molecule has 7 nitrogen and oxygen atoms in total. The Morgan fingerprint density at radius 3 is 2.70 bits per heavy atom. The van der Waals surface area contributed by atoms with Crippen molar-refractivity contribution in [3.63, 3.8) is 0 Å². The van der Waals surface area contributed by atoms with Crippen LogP contribution < -0.4 is 11.0 Å². The van der Waals surface area contributed by atoms with E-state index in [1.54, 1.807) is 6.07 Å². The van der Waals surface area contributed by atoms with Crippen LogP contribution in [0.5, 0.6) is 0 Å². The van der Waals surface area contributed by atoms with Gasteiger partial charge in [0.1, 0.15) is 11.5 Å². The number of nitrogens with zero attached hydrogens (tertiary/aromatic N) is 4. The summed E-state index contributed by atoms with van der Waals surface area (Å²) >= 11 is 1.38. The van der Waals surface area contributed by atoms with Gasteiger partial charge >= 0.3 is 5.69 Å². The molecule has 0 aliphatic rings. The molecule has 2 aromatic heterocycles. The zero-order chi connectivity index (χ0) is 16.2. The van der Waals surface area contributed by atoms with E-state index >= 15 is 0 Å². The molecule has 3 rings (SSSR count). The molecule has 2 heterocycles. The second-order valence-corrected chi connectivity index (χ2v) is 5.97. The average Bonchev–Trinajstić information content (AvgIpc) is 3.18. The third kappa shape index (κ3) is 3.54. The summed E-state index contributed by atoms with van der Waals surface area (Å²) in [7, 11) is 0. The summed E-state index contributed by atoms with van der Waals surface area (Å²) in [6.07, 6.45) is 0. The van der Waals surface area contributed by atoms with Crippen LogP contribution in [0.15, 0.2) is 46.6 Å². The average molecular weight is 329 g/mol. The van der Waals surface area contributed by atoms with E-state index in [1.807, 2.05) is 42.6 Å². The van der Waals surface area contributed by atoms with Crippen molar-refractivity contribution in [3.05, 3.63) is 63.4 Å². The van der Waals surface area contributed by atoms with Gasteiger partial charge in [-0.1, -0.05) is 29.8 Å². The fourth-order valence-electron chi connectivity index (χ4n) is 2.00. The Labute approximate surface area is 136 Å². The summed E-state index contributed by atoms with van der Waals surface area (Å²) in [5, 5.41) is 12.8. The Morgan fingerprint density at radius 1 is 1.22 bits per heavy atom. The van der Waals surface area contributed by atoms with Crippen molar-refractivity contribution in [2.24, 2.45) is 0 Å². The van der Waals surface area contributed by atoms with Crippen molar-refractivity contribution in [3.8, 4) is 5.00 Å². The van der Waals surface area contributed by atoms with Gasteiger partial charge in [-0.25, -0.2) is 4.79 Å². The largest absolute Gasteiger partial charge is 0.369 e. The molecule has 1 N–H and O–H groups in total. The topological polar surface area (TPSA) is 81.8 Å². The maximum absolute atomic E-state index is 12.1. The second kappa shape index (κ2) is 6.57. The fraction of sp³-hybridized carbons (Fsp3) is 0.200. The first-order valence-corrected chi connectivity index (χ1v) is 7.90. The number of thiophene rings is 1. The first-order chi connectivity index (χ1) is 11.1. The summed E-state index contributed by atoms with van der Waals surface area (Å²) in [6.45, 7) is 2.26. The minimum Gasteiger partial charge on any atom is -0.350 e. The van der Waals surface area contributed by atoms with E-state index in [0.717, 1.165) is 15.8 Å². The Bertz CT molecular complexity index is 849. The molecule has 0 atom stereocenters. The number of hydrogen-bond donors (Lipinski definition) is 1. The van der Waals surface area contributed by atoms with Crippen molar-refractivity contribution < 1.29 is 4.79 Å². The number of carbonyl (C=O) groups excluding carboxylic acids is 1. The third-order valence-corrected chi connectivity index (χ3v) is 4.10. The molecule has 1 aromatic carbocycles. The summed E-state index contributed by atoms with van der Waals surface area (Å²) < 4.78 is 2.22. The predicted octanol–water partition coefficient (Wildman–Crippen LogP) is 1.12. The SMILES string of the molecule is Cc1ccc(CNC(=O)Cn2nnn(-c3cccs3)c2=O)cc1. The molecule has 0 saturated heterocycles. The molecule has 0 radical (unpaired) electrons. The van der Waals surface area contributed by atoms with Crippen LogP contribution in [0.25, 0.3) is 5.00 Å². The Balaban J connectivity index is 1.62. The maximum Gasteiger partial charge on any atom is 0.369 e. The second-order valence-electron chi connectivity index (χ2n) is 5.04. The van der Waals surface area contributed by atoms with Gasteiger partial charge in [0.25, 0.3) is 0 Å². The lowest BCUT2D eigenvalue weighted by Crippen LogP contribution is -2.33. The molecule has 0 spiro atoms. The van der Waals surface area contributed by atoms with E-state index in [9.17, 15) is 9.59 Å². The van der Waals surface area contributed by atoms with Crippen LogP contribution in [-0.2, 0) is 17.9 Å². The summed E-state index contributed by atoms with van der Waals surface area (Å²) in [5.41, 5.74) is 1.73. The number of nitrogens with one attached hydrogen (secondary N) is 1. The highest BCUT2D eigenvalue weighted by Gasteiger charge is 2.12. The minimum atomic E-state index is -0.432. The van der Waals surface area contributed by atoms with E-state index in [1.165, 1.54) is 16.0 Å². The monoisotopic (exact) mass is 329 g/mol. The number of hydrogen-bond acceptors (Lipinski definition) is 5. The number of benzene rings is 1. The van der Waals surface area contributed by atoms with Gasteiger partial charge in [-0.15, -0.1) is 11.3 Å². The lowest BCUT2D eigenvalue weighted by Gasteiger charge is -2.05. The molecule has 0 aliphatic heterocycles. The van der Waals surface area contributed by atoms with Crippen LogP contribution in [0.1, 0.15) is 11.1 Å². The van der Waals surface area contributed by atoms with Crippen molar-refractivity contribution in [1.82, 2.24) is 25.1 Å². The first kappa shape index (κ1) is 15.2. The van der Waals surface area contributed by atoms with E-state index in [2.05, 4.69) is 15.7 Å². The van der Waals surface area contributed by atoms with Gasteiger partial charge in [-0.2, -0.15) is 9.36 Å². The van der Waals surface area contributed by atoms with Crippen molar-refractivity contribution in [2.45, 2.75) is 20.0 Å².